The van der Waals surface area contributed by atoms with Gasteiger partial charge in [0.1, 0.15) is 0 Å². The van der Waals surface area contributed by atoms with Crippen molar-refractivity contribution in [2.45, 2.75) is 58.2 Å². The normalized spacial score (nSPS) is 30.8. The van der Waals surface area contributed by atoms with Crippen molar-refractivity contribution < 1.29 is 0 Å². The van der Waals surface area contributed by atoms with Gasteiger partial charge in [-0.3, -0.25) is 9.58 Å². The van der Waals surface area contributed by atoms with Gasteiger partial charge in [-0.1, -0.05) is 6.92 Å². The van der Waals surface area contributed by atoms with Crippen LogP contribution < -0.4 is 5.32 Å². The minimum Gasteiger partial charge on any atom is -0.311 e. The SMILES string of the molecule is CCc1nn(C)c(CN2CC(C)NCC2(C)C2CC2)c1Br. The van der Waals surface area contributed by atoms with Crippen LogP contribution in [0.25, 0.3) is 0 Å². The molecular weight excluding hydrogens is 328 g/mol. The Morgan fingerprint density at radius 2 is 2.14 bits per heavy atom. The van der Waals surface area contributed by atoms with Crippen molar-refractivity contribution in [1.29, 1.82) is 0 Å². The van der Waals surface area contributed by atoms with Crippen LogP contribution in [0.3, 0.4) is 0 Å². The summed E-state index contributed by atoms with van der Waals surface area (Å²) in [7, 11) is 2.07. The summed E-state index contributed by atoms with van der Waals surface area (Å²) >= 11 is 3.77. The highest BCUT2D eigenvalue weighted by molar-refractivity contribution is 9.10. The zero-order valence-corrected chi connectivity index (χ0v) is 15.2. The standard InChI is InChI=1S/C16H27BrN4/c1-5-13-15(17)14(20(4)19-13)9-21-8-11(2)18-10-16(21,3)12-6-7-12/h11-12,18H,5-10H2,1-4H3. The van der Waals surface area contributed by atoms with Crippen molar-refractivity contribution >= 4 is 15.9 Å². The monoisotopic (exact) mass is 354 g/mol. The molecule has 2 heterocycles. The molecule has 118 valence electrons. The molecule has 2 aliphatic rings. The highest BCUT2D eigenvalue weighted by Gasteiger charge is 2.48. The van der Waals surface area contributed by atoms with E-state index in [1.54, 1.807) is 0 Å². The van der Waals surface area contributed by atoms with Crippen LogP contribution >= 0.6 is 15.9 Å². The van der Waals surface area contributed by atoms with Gasteiger partial charge in [-0.05, 0) is 55.0 Å². The van der Waals surface area contributed by atoms with Crippen molar-refractivity contribution in [3.05, 3.63) is 15.9 Å². The Balaban J connectivity index is 1.85. The lowest BCUT2D eigenvalue weighted by atomic mass is 9.89. The molecule has 1 aliphatic carbocycles. The molecule has 0 radical (unpaired) electrons. The van der Waals surface area contributed by atoms with Crippen molar-refractivity contribution in [2.24, 2.45) is 13.0 Å². The second kappa shape index (κ2) is 5.67. The average Bonchev–Trinajstić information content (AvgIpc) is 3.26. The number of nitrogens with zero attached hydrogens (tertiary/aromatic N) is 3. The first kappa shape index (κ1) is 15.5. The van der Waals surface area contributed by atoms with Crippen LogP contribution in [-0.4, -0.2) is 39.4 Å². The highest BCUT2D eigenvalue weighted by atomic mass is 79.9. The molecule has 1 saturated carbocycles. The summed E-state index contributed by atoms with van der Waals surface area (Å²) in [5.74, 6) is 0.857. The van der Waals surface area contributed by atoms with E-state index in [-0.39, 0.29) is 0 Å². The first-order valence-electron chi connectivity index (χ1n) is 8.14. The number of aryl methyl sites for hydroxylation is 2. The number of hydrogen-bond donors (Lipinski definition) is 1. The number of halogens is 1. The van der Waals surface area contributed by atoms with Crippen LogP contribution in [0.4, 0.5) is 0 Å². The van der Waals surface area contributed by atoms with Crippen LogP contribution in [0, 0.1) is 5.92 Å². The zero-order chi connectivity index (χ0) is 15.2. The van der Waals surface area contributed by atoms with Crippen molar-refractivity contribution in [2.75, 3.05) is 13.1 Å². The van der Waals surface area contributed by atoms with Gasteiger partial charge in [-0.25, -0.2) is 0 Å². The second-order valence-electron chi connectivity index (χ2n) is 6.98. The molecule has 4 nitrogen and oxygen atoms in total. The van der Waals surface area contributed by atoms with Gasteiger partial charge in [0.25, 0.3) is 0 Å². The minimum absolute atomic E-state index is 0.294. The van der Waals surface area contributed by atoms with Crippen molar-refractivity contribution in [3.63, 3.8) is 0 Å². The molecule has 1 aromatic rings. The molecule has 2 fully saturated rings. The van der Waals surface area contributed by atoms with Crippen LogP contribution in [0.15, 0.2) is 4.47 Å². The predicted octanol–water partition coefficient (Wildman–Crippen LogP) is 2.71. The Hall–Kier alpha value is -0.390. The van der Waals surface area contributed by atoms with Gasteiger partial charge >= 0.3 is 0 Å². The van der Waals surface area contributed by atoms with E-state index in [4.69, 9.17) is 0 Å². The van der Waals surface area contributed by atoms with Gasteiger partial charge in [-0.2, -0.15) is 5.10 Å². The van der Waals surface area contributed by atoms with Gasteiger partial charge in [0.2, 0.25) is 0 Å². The molecule has 1 aliphatic heterocycles. The van der Waals surface area contributed by atoms with E-state index in [0.717, 1.165) is 32.0 Å². The fraction of sp³-hybridized carbons (Fsp3) is 0.812. The van der Waals surface area contributed by atoms with Crippen LogP contribution in [0.2, 0.25) is 0 Å². The second-order valence-corrected chi connectivity index (χ2v) is 7.77. The Kier molecular flexibility index (Phi) is 4.19. The lowest BCUT2D eigenvalue weighted by Gasteiger charge is -2.48. The minimum atomic E-state index is 0.294. The summed E-state index contributed by atoms with van der Waals surface area (Å²) in [5, 5.41) is 8.33. The third-order valence-corrected chi connectivity index (χ3v) is 6.24. The Morgan fingerprint density at radius 1 is 1.43 bits per heavy atom. The summed E-state index contributed by atoms with van der Waals surface area (Å²) in [6.45, 7) is 10.1. The van der Waals surface area contributed by atoms with Gasteiger partial charge < -0.3 is 5.32 Å². The van der Waals surface area contributed by atoms with E-state index in [2.05, 4.69) is 63.7 Å². The lowest BCUT2D eigenvalue weighted by Crippen LogP contribution is -2.63. The van der Waals surface area contributed by atoms with Gasteiger partial charge in [0.05, 0.1) is 15.9 Å². The van der Waals surface area contributed by atoms with Crippen LogP contribution in [0.5, 0.6) is 0 Å². The number of aromatic nitrogens is 2. The number of hydrogen-bond acceptors (Lipinski definition) is 3. The van der Waals surface area contributed by atoms with E-state index in [1.165, 1.54) is 28.7 Å². The third-order valence-electron chi connectivity index (χ3n) is 5.33. The quantitative estimate of drug-likeness (QED) is 0.902. The van der Waals surface area contributed by atoms with E-state index in [1.807, 2.05) is 0 Å². The summed E-state index contributed by atoms with van der Waals surface area (Å²) in [4.78, 5) is 2.69. The maximum absolute atomic E-state index is 4.65. The Labute approximate surface area is 136 Å². The maximum Gasteiger partial charge on any atom is 0.0767 e. The smallest absolute Gasteiger partial charge is 0.0767 e. The molecule has 0 bridgehead atoms. The molecule has 21 heavy (non-hydrogen) atoms. The van der Waals surface area contributed by atoms with Gasteiger partial charge in [0.15, 0.2) is 0 Å². The molecule has 1 aromatic heterocycles. The highest BCUT2D eigenvalue weighted by Crippen LogP contribution is 2.44. The van der Waals surface area contributed by atoms with E-state index in [9.17, 15) is 0 Å². The molecule has 1 N–H and O–H groups in total. The number of nitrogens with one attached hydrogen (secondary N) is 1. The van der Waals surface area contributed by atoms with E-state index < -0.39 is 0 Å². The zero-order valence-electron chi connectivity index (χ0n) is 13.6. The summed E-state index contributed by atoms with van der Waals surface area (Å²) in [6, 6.07) is 0.564. The van der Waals surface area contributed by atoms with Crippen molar-refractivity contribution in [3.8, 4) is 0 Å². The van der Waals surface area contributed by atoms with Crippen LogP contribution in [-0.2, 0) is 20.0 Å². The molecule has 0 spiro atoms. The lowest BCUT2D eigenvalue weighted by molar-refractivity contribution is 0.0291. The maximum atomic E-state index is 4.65. The molecule has 3 rings (SSSR count). The molecule has 2 atom stereocenters. The topological polar surface area (TPSA) is 33.1 Å². The van der Waals surface area contributed by atoms with Crippen LogP contribution in [0.1, 0.15) is 45.0 Å². The Morgan fingerprint density at radius 3 is 2.71 bits per heavy atom. The number of rotatable bonds is 4. The van der Waals surface area contributed by atoms with Gasteiger partial charge in [0, 0.05) is 38.3 Å². The fourth-order valence-corrected chi connectivity index (χ4v) is 4.36. The predicted molar refractivity (Wildman–Crippen MR) is 89.3 cm³/mol. The molecule has 2 unspecified atom stereocenters. The third kappa shape index (κ3) is 2.80. The molecule has 5 heteroatoms. The summed E-state index contributed by atoms with van der Waals surface area (Å²) in [6.07, 6.45) is 3.75. The fourth-order valence-electron chi connectivity index (χ4n) is 3.62. The van der Waals surface area contributed by atoms with E-state index >= 15 is 0 Å². The number of piperazine rings is 1. The molecular formula is C16H27BrN4. The molecule has 0 aromatic carbocycles. The average molecular weight is 355 g/mol. The van der Waals surface area contributed by atoms with Gasteiger partial charge in [-0.15, -0.1) is 0 Å². The molecule has 1 saturated heterocycles. The molecule has 0 amide bonds. The first-order valence-corrected chi connectivity index (χ1v) is 8.93. The summed E-state index contributed by atoms with van der Waals surface area (Å²) in [5.41, 5.74) is 2.78. The van der Waals surface area contributed by atoms with Crippen molar-refractivity contribution in [1.82, 2.24) is 20.0 Å². The summed E-state index contributed by atoms with van der Waals surface area (Å²) < 4.78 is 3.26. The largest absolute Gasteiger partial charge is 0.311 e. The first-order chi connectivity index (χ1) is 9.95. The van der Waals surface area contributed by atoms with E-state index in [0.29, 0.717) is 11.6 Å². The Bertz CT molecular complexity index is 523.